The van der Waals surface area contributed by atoms with Crippen LogP contribution >= 0.6 is 0 Å². The van der Waals surface area contributed by atoms with Crippen molar-refractivity contribution in [1.29, 1.82) is 0 Å². The molecule has 0 saturated carbocycles. The van der Waals surface area contributed by atoms with Crippen LogP contribution in [0.1, 0.15) is 20.3 Å². The van der Waals surface area contributed by atoms with Crippen LogP contribution in [-0.2, 0) is 4.74 Å². The molecule has 4 heteroatoms. The summed E-state index contributed by atoms with van der Waals surface area (Å²) < 4.78 is 18.2. The molecule has 1 rings (SSSR count). The van der Waals surface area contributed by atoms with Gasteiger partial charge in [-0.3, -0.25) is 0 Å². The molecule has 0 radical (unpaired) electrons. The van der Waals surface area contributed by atoms with E-state index in [4.69, 9.17) is 10.5 Å². The Labute approximate surface area is 109 Å². The fourth-order valence-corrected chi connectivity index (χ4v) is 1.66. The lowest BCUT2D eigenvalue weighted by Crippen LogP contribution is -2.46. The van der Waals surface area contributed by atoms with Crippen molar-refractivity contribution in [2.45, 2.75) is 31.9 Å². The van der Waals surface area contributed by atoms with E-state index in [9.17, 15) is 4.39 Å². The SMILES string of the molecule is COC(C)(C)C(N)CCN(C)c1ccc(F)cc1. The van der Waals surface area contributed by atoms with E-state index in [0.717, 1.165) is 18.7 Å². The first kappa shape index (κ1) is 14.9. The molecule has 3 nitrogen and oxygen atoms in total. The second kappa shape index (κ2) is 6.16. The van der Waals surface area contributed by atoms with E-state index in [1.807, 2.05) is 20.9 Å². The van der Waals surface area contributed by atoms with Gasteiger partial charge in [0.25, 0.3) is 0 Å². The molecule has 0 aliphatic heterocycles. The Kier molecular flexibility index (Phi) is 5.11. The largest absolute Gasteiger partial charge is 0.377 e. The van der Waals surface area contributed by atoms with Gasteiger partial charge in [0.1, 0.15) is 5.82 Å². The van der Waals surface area contributed by atoms with Crippen molar-refractivity contribution >= 4 is 5.69 Å². The molecule has 1 aromatic carbocycles. The molecule has 2 N–H and O–H groups in total. The highest BCUT2D eigenvalue weighted by Gasteiger charge is 2.25. The van der Waals surface area contributed by atoms with Crippen molar-refractivity contribution in [3.63, 3.8) is 0 Å². The Balaban J connectivity index is 2.51. The van der Waals surface area contributed by atoms with Crippen LogP contribution in [0.25, 0.3) is 0 Å². The van der Waals surface area contributed by atoms with Crippen molar-refractivity contribution in [3.8, 4) is 0 Å². The third-order valence-corrected chi connectivity index (χ3v) is 3.46. The van der Waals surface area contributed by atoms with Gasteiger partial charge in [-0.15, -0.1) is 0 Å². The number of halogens is 1. The second-order valence-electron chi connectivity index (χ2n) is 5.10. The summed E-state index contributed by atoms with van der Waals surface area (Å²) in [5.41, 5.74) is 6.76. The van der Waals surface area contributed by atoms with Crippen LogP contribution in [0.2, 0.25) is 0 Å². The van der Waals surface area contributed by atoms with E-state index < -0.39 is 0 Å². The normalized spacial score (nSPS) is 13.4. The lowest BCUT2D eigenvalue weighted by Gasteiger charge is -2.31. The molecule has 1 atom stereocenters. The van der Waals surface area contributed by atoms with Gasteiger partial charge >= 0.3 is 0 Å². The van der Waals surface area contributed by atoms with Crippen LogP contribution < -0.4 is 10.6 Å². The van der Waals surface area contributed by atoms with E-state index in [2.05, 4.69) is 4.90 Å². The number of anilines is 1. The lowest BCUT2D eigenvalue weighted by molar-refractivity contribution is -0.000834. The van der Waals surface area contributed by atoms with Gasteiger partial charge in [0.05, 0.1) is 5.60 Å². The number of nitrogens with zero attached hydrogens (tertiary/aromatic N) is 1. The molecule has 0 aliphatic rings. The maximum absolute atomic E-state index is 12.8. The van der Waals surface area contributed by atoms with Crippen LogP contribution in [0.3, 0.4) is 0 Å². The van der Waals surface area contributed by atoms with E-state index >= 15 is 0 Å². The highest BCUT2D eigenvalue weighted by molar-refractivity contribution is 5.45. The smallest absolute Gasteiger partial charge is 0.123 e. The summed E-state index contributed by atoms with van der Waals surface area (Å²) in [5, 5.41) is 0. The van der Waals surface area contributed by atoms with Crippen LogP contribution in [-0.4, -0.2) is 32.3 Å². The first-order chi connectivity index (χ1) is 8.36. The van der Waals surface area contributed by atoms with E-state index in [1.165, 1.54) is 12.1 Å². The van der Waals surface area contributed by atoms with Gasteiger partial charge in [0, 0.05) is 32.4 Å². The summed E-state index contributed by atoms with van der Waals surface area (Å²) in [6, 6.07) is 6.42. The topological polar surface area (TPSA) is 38.5 Å². The number of rotatable bonds is 6. The maximum Gasteiger partial charge on any atom is 0.123 e. The van der Waals surface area contributed by atoms with Crippen molar-refractivity contribution in [2.24, 2.45) is 5.73 Å². The average Bonchev–Trinajstić information content (AvgIpc) is 2.36. The second-order valence-corrected chi connectivity index (χ2v) is 5.10. The van der Waals surface area contributed by atoms with E-state index in [-0.39, 0.29) is 17.5 Å². The maximum atomic E-state index is 12.8. The van der Waals surface area contributed by atoms with Gasteiger partial charge in [0.15, 0.2) is 0 Å². The zero-order valence-electron chi connectivity index (χ0n) is 11.6. The molecule has 0 fully saturated rings. The molecule has 0 aromatic heterocycles. The van der Waals surface area contributed by atoms with Crippen LogP contribution in [0.5, 0.6) is 0 Å². The first-order valence-electron chi connectivity index (χ1n) is 6.14. The molecule has 0 heterocycles. The molecule has 18 heavy (non-hydrogen) atoms. The molecule has 0 spiro atoms. The minimum absolute atomic E-state index is 0.0367. The number of hydrogen-bond donors (Lipinski definition) is 1. The molecule has 0 saturated heterocycles. The van der Waals surface area contributed by atoms with Gasteiger partial charge in [-0.05, 0) is 44.5 Å². The minimum Gasteiger partial charge on any atom is -0.377 e. The third-order valence-electron chi connectivity index (χ3n) is 3.46. The minimum atomic E-state index is -0.330. The summed E-state index contributed by atoms with van der Waals surface area (Å²) in [6.07, 6.45) is 0.814. The van der Waals surface area contributed by atoms with Gasteiger partial charge in [-0.2, -0.15) is 0 Å². The molecule has 1 unspecified atom stereocenters. The summed E-state index contributed by atoms with van der Waals surface area (Å²) in [7, 11) is 3.64. The number of nitrogens with two attached hydrogens (primary N) is 1. The molecule has 0 amide bonds. The monoisotopic (exact) mass is 254 g/mol. The lowest BCUT2D eigenvalue weighted by atomic mass is 9.96. The number of methoxy groups -OCH3 is 1. The molecular formula is C14H23FN2O. The fraction of sp³-hybridized carbons (Fsp3) is 0.571. The van der Waals surface area contributed by atoms with Gasteiger partial charge in [-0.1, -0.05) is 0 Å². The molecule has 0 bridgehead atoms. The van der Waals surface area contributed by atoms with Crippen LogP contribution in [0, 0.1) is 5.82 Å². The summed E-state index contributed by atoms with van der Waals surface area (Å²) in [6.45, 7) is 4.77. The molecule has 1 aromatic rings. The Bertz CT molecular complexity index is 365. The number of ether oxygens (including phenoxy) is 1. The standard InChI is InChI=1S/C14H23FN2O/c1-14(2,18-4)13(16)9-10-17(3)12-7-5-11(15)6-8-12/h5-8,13H,9-10,16H2,1-4H3. The van der Waals surface area contributed by atoms with Crippen molar-refractivity contribution in [2.75, 3.05) is 25.6 Å². The quantitative estimate of drug-likeness (QED) is 0.847. The van der Waals surface area contributed by atoms with Crippen molar-refractivity contribution < 1.29 is 9.13 Å². The highest BCUT2D eigenvalue weighted by Crippen LogP contribution is 2.17. The zero-order valence-corrected chi connectivity index (χ0v) is 11.6. The van der Waals surface area contributed by atoms with E-state index in [1.54, 1.807) is 19.2 Å². The molecule has 0 aliphatic carbocycles. The van der Waals surface area contributed by atoms with E-state index in [0.29, 0.717) is 0 Å². The van der Waals surface area contributed by atoms with Gasteiger partial charge in [-0.25, -0.2) is 4.39 Å². The molecule has 102 valence electrons. The van der Waals surface area contributed by atoms with Crippen LogP contribution in [0.15, 0.2) is 24.3 Å². The van der Waals surface area contributed by atoms with Gasteiger partial charge in [0.2, 0.25) is 0 Å². The Morgan fingerprint density at radius 2 is 1.89 bits per heavy atom. The Morgan fingerprint density at radius 1 is 1.33 bits per heavy atom. The van der Waals surface area contributed by atoms with Crippen LogP contribution in [0.4, 0.5) is 10.1 Å². The van der Waals surface area contributed by atoms with Gasteiger partial charge < -0.3 is 15.4 Å². The Morgan fingerprint density at radius 3 is 2.39 bits per heavy atom. The number of benzene rings is 1. The van der Waals surface area contributed by atoms with Crippen molar-refractivity contribution in [3.05, 3.63) is 30.1 Å². The predicted octanol–water partition coefficient (Wildman–Crippen LogP) is 2.40. The Hall–Kier alpha value is -1.13. The first-order valence-corrected chi connectivity index (χ1v) is 6.14. The summed E-state index contributed by atoms with van der Waals surface area (Å²) >= 11 is 0. The molecular weight excluding hydrogens is 231 g/mol. The number of hydrogen-bond acceptors (Lipinski definition) is 3. The van der Waals surface area contributed by atoms with Crippen molar-refractivity contribution in [1.82, 2.24) is 0 Å². The average molecular weight is 254 g/mol. The summed E-state index contributed by atoms with van der Waals surface area (Å²) in [4.78, 5) is 2.06. The highest BCUT2D eigenvalue weighted by atomic mass is 19.1. The fourth-order valence-electron chi connectivity index (χ4n) is 1.66. The predicted molar refractivity (Wildman–Crippen MR) is 73.4 cm³/mol. The third kappa shape index (κ3) is 3.96. The zero-order chi connectivity index (χ0) is 13.8. The summed E-state index contributed by atoms with van der Waals surface area (Å²) in [5.74, 6) is -0.218.